The van der Waals surface area contributed by atoms with Gasteiger partial charge in [-0.2, -0.15) is 0 Å². The number of nitrogens with one attached hydrogen (secondary N) is 1. The Labute approximate surface area is 172 Å². The zero-order valence-electron chi connectivity index (χ0n) is 15.3. The molecule has 0 aliphatic rings. The minimum Gasteiger partial charge on any atom is -0.497 e. The van der Waals surface area contributed by atoms with Crippen LogP contribution in [0.15, 0.2) is 47.0 Å². The molecule has 0 aliphatic carbocycles. The van der Waals surface area contributed by atoms with Crippen LogP contribution in [0.25, 0.3) is 11.3 Å². The van der Waals surface area contributed by atoms with Gasteiger partial charge in [-0.1, -0.05) is 23.2 Å². The molecular formula is C20H18Cl2N2O4. The van der Waals surface area contributed by atoms with Gasteiger partial charge in [0.2, 0.25) is 5.91 Å². The number of carbonyl (C=O) groups is 1. The van der Waals surface area contributed by atoms with Crippen molar-refractivity contribution in [3.8, 4) is 22.8 Å². The fourth-order valence-electron chi connectivity index (χ4n) is 2.58. The summed E-state index contributed by atoms with van der Waals surface area (Å²) in [6.07, 6.45) is 2.12. The molecule has 6 nitrogen and oxygen atoms in total. The number of ether oxygens (including phenoxy) is 2. The minimum absolute atomic E-state index is 0.183. The summed E-state index contributed by atoms with van der Waals surface area (Å²) in [5.74, 6) is 2.06. The van der Waals surface area contributed by atoms with Gasteiger partial charge in [-0.25, -0.2) is 4.98 Å². The van der Waals surface area contributed by atoms with Crippen LogP contribution in [0, 0.1) is 0 Å². The Morgan fingerprint density at radius 3 is 2.71 bits per heavy atom. The molecular weight excluding hydrogens is 403 g/mol. The minimum atomic E-state index is -0.217. The summed E-state index contributed by atoms with van der Waals surface area (Å²) < 4.78 is 16.3. The predicted molar refractivity (Wildman–Crippen MR) is 108 cm³/mol. The average molecular weight is 421 g/mol. The maximum Gasteiger partial charge on any atom is 0.224 e. The molecule has 0 saturated carbocycles. The summed E-state index contributed by atoms with van der Waals surface area (Å²) in [5, 5.41) is 3.64. The van der Waals surface area contributed by atoms with E-state index in [0.717, 1.165) is 5.56 Å². The molecule has 1 amide bonds. The first-order valence-corrected chi connectivity index (χ1v) is 9.17. The maximum atomic E-state index is 12.2. The van der Waals surface area contributed by atoms with Crippen LogP contribution >= 0.6 is 23.2 Å². The molecule has 0 saturated heterocycles. The van der Waals surface area contributed by atoms with Gasteiger partial charge in [0.05, 0.1) is 36.7 Å². The van der Waals surface area contributed by atoms with E-state index in [1.54, 1.807) is 44.7 Å². The van der Waals surface area contributed by atoms with Gasteiger partial charge in [0.15, 0.2) is 11.7 Å². The molecule has 146 valence electrons. The van der Waals surface area contributed by atoms with Gasteiger partial charge < -0.3 is 19.2 Å². The summed E-state index contributed by atoms with van der Waals surface area (Å²) in [7, 11) is 3.16. The van der Waals surface area contributed by atoms with Crippen molar-refractivity contribution >= 4 is 34.8 Å². The van der Waals surface area contributed by atoms with E-state index in [0.29, 0.717) is 45.3 Å². The average Bonchev–Trinajstić information content (AvgIpc) is 3.17. The molecule has 0 atom stereocenters. The second-order valence-electron chi connectivity index (χ2n) is 5.86. The third kappa shape index (κ3) is 4.77. The smallest absolute Gasteiger partial charge is 0.224 e. The number of nitrogens with zero attached hydrogens (tertiary/aromatic N) is 1. The molecule has 0 fully saturated rings. The first-order valence-electron chi connectivity index (χ1n) is 8.42. The lowest BCUT2D eigenvalue weighted by Gasteiger charge is -2.08. The van der Waals surface area contributed by atoms with Crippen LogP contribution in [-0.2, 0) is 11.2 Å². The highest BCUT2D eigenvalue weighted by Crippen LogP contribution is 2.33. The Hall–Kier alpha value is -2.70. The Morgan fingerprint density at radius 1 is 1.14 bits per heavy atom. The molecule has 0 unspecified atom stereocenters. The standard InChI is InChI=1S/C20H18Cl2N2O4/c1-26-13-4-5-14(17(10-13)27-2)18-11-23-20(28-18)8-7-19(25)24-16-9-12(21)3-6-15(16)22/h3-6,9-11H,7-8H2,1-2H3,(H,24,25). The SMILES string of the molecule is COc1ccc(-c2cnc(CCC(=O)Nc3cc(Cl)ccc3Cl)o2)c(OC)c1. The molecule has 1 heterocycles. The summed E-state index contributed by atoms with van der Waals surface area (Å²) >= 11 is 12.0. The van der Waals surface area contributed by atoms with Crippen molar-refractivity contribution in [3.05, 3.63) is 58.5 Å². The van der Waals surface area contributed by atoms with Crippen LogP contribution in [0.3, 0.4) is 0 Å². The van der Waals surface area contributed by atoms with Crippen LogP contribution in [0.2, 0.25) is 10.0 Å². The van der Waals surface area contributed by atoms with Crippen molar-refractivity contribution in [2.45, 2.75) is 12.8 Å². The Bertz CT molecular complexity index is 988. The number of methoxy groups -OCH3 is 2. The lowest BCUT2D eigenvalue weighted by Crippen LogP contribution is -2.12. The van der Waals surface area contributed by atoms with Crippen molar-refractivity contribution < 1.29 is 18.7 Å². The van der Waals surface area contributed by atoms with Gasteiger partial charge in [0.25, 0.3) is 0 Å². The number of hydrogen-bond donors (Lipinski definition) is 1. The number of benzene rings is 2. The molecule has 1 aromatic heterocycles. The first kappa shape index (κ1) is 20.0. The van der Waals surface area contributed by atoms with Gasteiger partial charge in [-0.3, -0.25) is 4.79 Å². The fraction of sp³-hybridized carbons (Fsp3) is 0.200. The van der Waals surface area contributed by atoms with Gasteiger partial charge in [0.1, 0.15) is 11.5 Å². The lowest BCUT2D eigenvalue weighted by molar-refractivity contribution is -0.116. The normalized spacial score (nSPS) is 10.6. The van der Waals surface area contributed by atoms with Crippen molar-refractivity contribution in [1.29, 1.82) is 0 Å². The highest BCUT2D eigenvalue weighted by atomic mass is 35.5. The van der Waals surface area contributed by atoms with Crippen molar-refractivity contribution in [2.75, 3.05) is 19.5 Å². The summed E-state index contributed by atoms with van der Waals surface area (Å²) in [5.41, 5.74) is 1.22. The van der Waals surface area contributed by atoms with E-state index in [9.17, 15) is 4.79 Å². The number of rotatable bonds is 7. The highest BCUT2D eigenvalue weighted by Gasteiger charge is 2.14. The van der Waals surface area contributed by atoms with Gasteiger partial charge in [0, 0.05) is 23.9 Å². The van der Waals surface area contributed by atoms with Gasteiger partial charge >= 0.3 is 0 Å². The first-order chi connectivity index (χ1) is 13.5. The zero-order valence-corrected chi connectivity index (χ0v) is 16.8. The van der Waals surface area contributed by atoms with E-state index < -0.39 is 0 Å². The van der Waals surface area contributed by atoms with Crippen LogP contribution < -0.4 is 14.8 Å². The van der Waals surface area contributed by atoms with Crippen molar-refractivity contribution in [1.82, 2.24) is 4.98 Å². The molecule has 1 N–H and O–H groups in total. The molecule has 0 bridgehead atoms. The third-order valence-electron chi connectivity index (χ3n) is 4.00. The molecule has 0 aliphatic heterocycles. The number of oxazole rings is 1. The largest absolute Gasteiger partial charge is 0.497 e. The molecule has 0 spiro atoms. The second kappa shape index (κ2) is 8.99. The molecule has 3 aromatic rings. The highest BCUT2D eigenvalue weighted by molar-refractivity contribution is 6.35. The van der Waals surface area contributed by atoms with E-state index in [4.69, 9.17) is 37.1 Å². The third-order valence-corrected chi connectivity index (χ3v) is 4.56. The fourth-order valence-corrected chi connectivity index (χ4v) is 2.92. The van der Waals surface area contributed by atoms with Crippen LogP contribution in [0.4, 0.5) is 5.69 Å². The van der Waals surface area contributed by atoms with E-state index in [1.165, 1.54) is 0 Å². The number of aromatic nitrogens is 1. The maximum absolute atomic E-state index is 12.2. The molecule has 8 heteroatoms. The van der Waals surface area contributed by atoms with Gasteiger partial charge in [-0.15, -0.1) is 0 Å². The number of amides is 1. The molecule has 28 heavy (non-hydrogen) atoms. The van der Waals surface area contributed by atoms with E-state index in [1.807, 2.05) is 12.1 Å². The monoisotopic (exact) mass is 420 g/mol. The number of halogens is 2. The topological polar surface area (TPSA) is 73.6 Å². The molecule has 2 aromatic carbocycles. The van der Waals surface area contributed by atoms with Crippen LogP contribution in [-0.4, -0.2) is 25.1 Å². The quantitative estimate of drug-likeness (QED) is 0.565. The van der Waals surface area contributed by atoms with Gasteiger partial charge in [-0.05, 0) is 30.3 Å². The zero-order chi connectivity index (χ0) is 20.1. The van der Waals surface area contributed by atoms with Crippen molar-refractivity contribution in [2.24, 2.45) is 0 Å². The number of anilines is 1. The van der Waals surface area contributed by atoms with E-state index in [-0.39, 0.29) is 12.3 Å². The van der Waals surface area contributed by atoms with E-state index >= 15 is 0 Å². The molecule has 3 rings (SSSR count). The summed E-state index contributed by atoms with van der Waals surface area (Å²) in [4.78, 5) is 16.4. The summed E-state index contributed by atoms with van der Waals surface area (Å²) in [6, 6.07) is 10.3. The number of hydrogen-bond acceptors (Lipinski definition) is 5. The van der Waals surface area contributed by atoms with Crippen LogP contribution in [0.5, 0.6) is 11.5 Å². The second-order valence-corrected chi connectivity index (χ2v) is 6.70. The Kier molecular flexibility index (Phi) is 6.44. The van der Waals surface area contributed by atoms with E-state index in [2.05, 4.69) is 10.3 Å². The Morgan fingerprint density at radius 2 is 1.96 bits per heavy atom. The van der Waals surface area contributed by atoms with Crippen molar-refractivity contribution in [3.63, 3.8) is 0 Å². The molecule has 0 radical (unpaired) electrons. The summed E-state index contributed by atoms with van der Waals surface area (Å²) in [6.45, 7) is 0. The number of carbonyl (C=O) groups excluding carboxylic acids is 1. The lowest BCUT2D eigenvalue weighted by atomic mass is 10.1. The number of aryl methyl sites for hydroxylation is 1. The van der Waals surface area contributed by atoms with Crippen LogP contribution in [0.1, 0.15) is 12.3 Å². The predicted octanol–water partition coefficient (Wildman–Crippen LogP) is 5.24. The Balaban J connectivity index is 1.65.